The fourth-order valence-electron chi connectivity index (χ4n) is 0.645. The van der Waals surface area contributed by atoms with Crippen molar-refractivity contribution >= 4 is 7.60 Å². The Kier molecular flexibility index (Phi) is 4.13. The van der Waals surface area contributed by atoms with Crippen LogP contribution in [-0.2, 0) is 9.30 Å². The SMILES string of the molecule is CCOC(CC)P(=O)(O)O. The molecule has 0 spiro atoms. The summed E-state index contributed by atoms with van der Waals surface area (Å²) in [6.07, 6.45) is 0.345. The maximum absolute atomic E-state index is 10.5. The summed E-state index contributed by atoms with van der Waals surface area (Å²) in [5, 5.41) is 0. The first-order valence-electron chi connectivity index (χ1n) is 3.19. The average molecular weight is 168 g/mol. The van der Waals surface area contributed by atoms with Gasteiger partial charge in [0, 0.05) is 6.61 Å². The number of ether oxygens (including phenoxy) is 1. The van der Waals surface area contributed by atoms with E-state index in [1.807, 2.05) is 0 Å². The molecule has 0 aromatic rings. The van der Waals surface area contributed by atoms with E-state index in [0.717, 1.165) is 0 Å². The van der Waals surface area contributed by atoms with E-state index in [9.17, 15) is 4.57 Å². The van der Waals surface area contributed by atoms with Crippen LogP contribution in [-0.4, -0.2) is 22.2 Å². The zero-order valence-electron chi connectivity index (χ0n) is 6.15. The van der Waals surface area contributed by atoms with Gasteiger partial charge < -0.3 is 14.5 Å². The summed E-state index contributed by atoms with van der Waals surface area (Å²) in [5.41, 5.74) is 0. The maximum Gasteiger partial charge on any atom is 0.354 e. The van der Waals surface area contributed by atoms with Crippen LogP contribution in [0.15, 0.2) is 0 Å². The normalized spacial score (nSPS) is 15.2. The van der Waals surface area contributed by atoms with Gasteiger partial charge in [0.25, 0.3) is 0 Å². The van der Waals surface area contributed by atoms with Gasteiger partial charge in [0.05, 0.1) is 0 Å². The van der Waals surface area contributed by atoms with Gasteiger partial charge in [0.15, 0.2) is 5.85 Å². The molecule has 0 aliphatic carbocycles. The van der Waals surface area contributed by atoms with E-state index in [2.05, 4.69) is 0 Å². The van der Waals surface area contributed by atoms with Gasteiger partial charge >= 0.3 is 7.60 Å². The minimum atomic E-state index is -4.01. The van der Waals surface area contributed by atoms with Gasteiger partial charge in [-0.2, -0.15) is 0 Å². The zero-order valence-corrected chi connectivity index (χ0v) is 7.04. The quantitative estimate of drug-likeness (QED) is 0.613. The van der Waals surface area contributed by atoms with Crippen molar-refractivity contribution in [1.82, 2.24) is 0 Å². The van der Waals surface area contributed by atoms with Crippen molar-refractivity contribution in [3.8, 4) is 0 Å². The monoisotopic (exact) mass is 168 g/mol. The summed E-state index contributed by atoms with van der Waals surface area (Å²) < 4.78 is 15.3. The second kappa shape index (κ2) is 4.09. The van der Waals surface area contributed by atoms with Crippen LogP contribution < -0.4 is 0 Å². The average Bonchev–Trinajstić information content (AvgIpc) is 1.80. The molecule has 10 heavy (non-hydrogen) atoms. The molecule has 0 aromatic heterocycles. The minimum absolute atomic E-state index is 0.337. The van der Waals surface area contributed by atoms with Gasteiger partial charge in [-0.1, -0.05) is 6.92 Å². The van der Waals surface area contributed by atoms with Gasteiger partial charge in [-0.05, 0) is 13.3 Å². The standard InChI is InChI=1S/C5H13O4P/c1-3-5(9-4-2)10(6,7)8/h5H,3-4H2,1-2H3,(H2,6,7,8). The molecule has 0 saturated heterocycles. The third kappa shape index (κ3) is 3.32. The lowest BCUT2D eigenvalue weighted by atomic mass is 10.5. The predicted molar refractivity (Wildman–Crippen MR) is 37.7 cm³/mol. The lowest BCUT2D eigenvalue weighted by Gasteiger charge is -2.15. The molecule has 1 atom stereocenters. The molecule has 1 unspecified atom stereocenters. The Balaban J connectivity index is 3.94. The third-order valence-corrected chi connectivity index (χ3v) is 2.35. The fraction of sp³-hybridized carbons (Fsp3) is 1.00. The Hall–Kier alpha value is 0.110. The van der Waals surface area contributed by atoms with Crippen LogP contribution in [0.4, 0.5) is 0 Å². The smallest absolute Gasteiger partial charge is 0.354 e. The zero-order chi connectivity index (χ0) is 8.20. The van der Waals surface area contributed by atoms with Gasteiger partial charge in [-0.15, -0.1) is 0 Å². The van der Waals surface area contributed by atoms with Crippen LogP contribution in [0.25, 0.3) is 0 Å². The van der Waals surface area contributed by atoms with E-state index in [0.29, 0.717) is 13.0 Å². The van der Waals surface area contributed by atoms with Crippen molar-refractivity contribution in [2.45, 2.75) is 26.1 Å². The largest absolute Gasteiger partial charge is 0.366 e. The summed E-state index contributed by atoms with van der Waals surface area (Å²) >= 11 is 0. The van der Waals surface area contributed by atoms with Crippen LogP contribution in [0.2, 0.25) is 0 Å². The molecule has 62 valence electrons. The first kappa shape index (κ1) is 10.1. The summed E-state index contributed by atoms with van der Waals surface area (Å²) in [6.45, 7) is 3.72. The lowest BCUT2D eigenvalue weighted by molar-refractivity contribution is 0.0935. The molecule has 0 heterocycles. The highest BCUT2D eigenvalue weighted by Crippen LogP contribution is 2.43. The molecule has 0 rings (SSSR count). The molecular weight excluding hydrogens is 155 g/mol. The van der Waals surface area contributed by atoms with E-state index in [-0.39, 0.29) is 0 Å². The Bertz CT molecular complexity index is 130. The van der Waals surface area contributed by atoms with Crippen molar-refractivity contribution in [3.63, 3.8) is 0 Å². The summed E-state index contributed by atoms with van der Waals surface area (Å²) in [5.74, 6) is -0.919. The van der Waals surface area contributed by atoms with Crippen molar-refractivity contribution in [1.29, 1.82) is 0 Å². The third-order valence-electron chi connectivity index (χ3n) is 1.08. The van der Waals surface area contributed by atoms with Gasteiger partial charge in [-0.25, -0.2) is 0 Å². The molecule has 5 heteroatoms. The molecule has 0 amide bonds. The molecule has 0 fully saturated rings. The number of rotatable bonds is 4. The number of hydrogen-bond acceptors (Lipinski definition) is 2. The first-order valence-corrected chi connectivity index (χ1v) is 4.87. The second-order valence-corrected chi connectivity index (χ2v) is 3.66. The highest BCUT2D eigenvalue weighted by molar-refractivity contribution is 7.52. The van der Waals surface area contributed by atoms with Crippen molar-refractivity contribution in [2.24, 2.45) is 0 Å². The van der Waals surface area contributed by atoms with Crippen LogP contribution in [0, 0.1) is 0 Å². The maximum atomic E-state index is 10.5. The Morgan fingerprint density at radius 2 is 2.00 bits per heavy atom. The predicted octanol–water partition coefficient (Wildman–Crippen LogP) is 0.937. The topological polar surface area (TPSA) is 66.8 Å². The molecular formula is C5H13O4P. The molecule has 0 aliphatic rings. The van der Waals surface area contributed by atoms with E-state index in [1.54, 1.807) is 13.8 Å². The van der Waals surface area contributed by atoms with E-state index >= 15 is 0 Å². The van der Waals surface area contributed by atoms with E-state index < -0.39 is 13.4 Å². The minimum Gasteiger partial charge on any atom is -0.366 e. The van der Waals surface area contributed by atoms with Gasteiger partial charge in [0.1, 0.15) is 0 Å². The molecule has 0 aliphatic heterocycles. The lowest BCUT2D eigenvalue weighted by Crippen LogP contribution is -2.11. The molecule has 4 nitrogen and oxygen atoms in total. The van der Waals surface area contributed by atoms with Gasteiger partial charge in [-0.3, -0.25) is 4.57 Å². The van der Waals surface area contributed by atoms with Crippen LogP contribution >= 0.6 is 7.60 Å². The van der Waals surface area contributed by atoms with E-state index in [4.69, 9.17) is 14.5 Å². The number of hydrogen-bond donors (Lipinski definition) is 2. The van der Waals surface area contributed by atoms with E-state index in [1.165, 1.54) is 0 Å². The molecule has 0 aromatic carbocycles. The van der Waals surface area contributed by atoms with Crippen molar-refractivity contribution < 1.29 is 19.1 Å². The van der Waals surface area contributed by atoms with Crippen molar-refractivity contribution in [2.75, 3.05) is 6.61 Å². The fourth-order valence-corrected chi connectivity index (χ4v) is 1.46. The molecule has 0 radical (unpaired) electrons. The summed E-state index contributed by atoms with van der Waals surface area (Å²) in [7, 11) is -4.01. The Labute approximate surface area is 60.4 Å². The molecule has 0 bridgehead atoms. The summed E-state index contributed by atoms with van der Waals surface area (Å²) in [4.78, 5) is 17.2. The first-order chi connectivity index (χ1) is 4.52. The second-order valence-electron chi connectivity index (χ2n) is 1.91. The van der Waals surface area contributed by atoms with Crippen LogP contribution in [0.1, 0.15) is 20.3 Å². The van der Waals surface area contributed by atoms with Gasteiger partial charge in [0.2, 0.25) is 0 Å². The summed E-state index contributed by atoms with van der Waals surface area (Å²) in [6, 6.07) is 0. The Morgan fingerprint density at radius 1 is 1.50 bits per heavy atom. The van der Waals surface area contributed by atoms with Crippen LogP contribution in [0.3, 0.4) is 0 Å². The highest BCUT2D eigenvalue weighted by atomic mass is 31.2. The van der Waals surface area contributed by atoms with Crippen molar-refractivity contribution in [3.05, 3.63) is 0 Å². The molecule has 2 N–H and O–H groups in total. The van der Waals surface area contributed by atoms with Crippen LogP contribution in [0.5, 0.6) is 0 Å². The molecule has 0 saturated carbocycles. The Morgan fingerprint density at radius 3 is 2.10 bits per heavy atom. The highest BCUT2D eigenvalue weighted by Gasteiger charge is 2.26.